The summed E-state index contributed by atoms with van der Waals surface area (Å²) in [5.74, 6) is 1.77. The summed E-state index contributed by atoms with van der Waals surface area (Å²) < 4.78 is 14.9. The molecule has 0 unspecified atom stereocenters. The molecule has 0 radical (unpaired) electrons. The van der Waals surface area contributed by atoms with Crippen LogP contribution < -0.4 is 16.0 Å². The molecule has 2 aliphatic rings. The monoisotopic (exact) mass is 448 g/mol. The Labute approximate surface area is 191 Å². The molecular weight excluding hydrogens is 423 g/mol. The second-order valence-electron chi connectivity index (χ2n) is 8.24. The summed E-state index contributed by atoms with van der Waals surface area (Å²) in [6.07, 6.45) is 0.756. The van der Waals surface area contributed by atoms with Crippen LogP contribution in [-0.2, 0) is 6.42 Å². The molecule has 1 amide bonds. The number of thioether (sulfide) groups is 1. The number of nitrogens with zero attached hydrogens (tertiary/aromatic N) is 2. The third kappa shape index (κ3) is 3.81. The van der Waals surface area contributed by atoms with E-state index >= 15 is 0 Å². The number of hydrogen-bond donors (Lipinski definition) is 2. The molecule has 1 aromatic heterocycles. The minimum Gasteiger partial charge on any atom is -0.383 e. The topological polar surface area (TPSA) is 71.2 Å². The molecule has 5 nitrogen and oxygen atoms in total. The number of hydrogen-bond acceptors (Lipinski definition) is 5. The maximum atomic E-state index is 14.9. The van der Waals surface area contributed by atoms with Crippen LogP contribution in [0.2, 0.25) is 0 Å². The van der Waals surface area contributed by atoms with E-state index in [1.54, 1.807) is 6.07 Å². The maximum absolute atomic E-state index is 14.9. The summed E-state index contributed by atoms with van der Waals surface area (Å²) in [6.45, 7) is 4.60. The lowest BCUT2D eigenvalue weighted by Crippen LogP contribution is -2.32. The number of aryl methyl sites for hydroxylation is 1. The highest BCUT2D eigenvalue weighted by Crippen LogP contribution is 2.35. The van der Waals surface area contributed by atoms with Gasteiger partial charge in [0.15, 0.2) is 0 Å². The SMILES string of the molecule is Cc1cc2c(cc1-c1cc(-c3ccc(N4CCSCC4)cc3)c(F)nc1N)CCNC2=O. The lowest BCUT2D eigenvalue weighted by molar-refractivity contribution is 0.0946. The number of amides is 1. The summed E-state index contributed by atoms with van der Waals surface area (Å²) in [6, 6.07) is 13.6. The van der Waals surface area contributed by atoms with Crippen LogP contribution in [0.3, 0.4) is 0 Å². The average molecular weight is 449 g/mol. The Bertz CT molecular complexity index is 1190. The lowest BCUT2D eigenvalue weighted by atomic mass is 9.90. The molecule has 3 heterocycles. The summed E-state index contributed by atoms with van der Waals surface area (Å²) in [5.41, 5.74) is 12.6. The number of carbonyl (C=O) groups is 1. The number of halogens is 1. The Morgan fingerprint density at radius 1 is 1.03 bits per heavy atom. The number of pyridine rings is 1. The number of aromatic nitrogens is 1. The molecule has 32 heavy (non-hydrogen) atoms. The van der Waals surface area contributed by atoms with E-state index in [0.717, 1.165) is 59.0 Å². The summed E-state index contributed by atoms with van der Waals surface area (Å²) in [5, 5.41) is 2.87. The molecule has 0 bridgehead atoms. The first-order valence-electron chi connectivity index (χ1n) is 10.8. The standard InChI is InChI=1S/C25H25FN4OS/c1-15-12-21-17(6-7-28-25(21)31)13-19(15)22-14-20(23(26)29-24(22)27)16-2-4-18(5-3-16)30-8-10-32-11-9-30/h2-5,12-14H,6-11H2,1H3,(H2,27,29)(H,28,31). The van der Waals surface area contributed by atoms with Crippen molar-refractivity contribution in [1.29, 1.82) is 0 Å². The highest BCUT2D eigenvalue weighted by molar-refractivity contribution is 7.99. The van der Waals surface area contributed by atoms with Crippen molar-refractivity contribution in [2.45, 2.75) is 13.3 Å². The first kappa shape index (κ1) is 20.8. The zero-order chi connectivity index (χ0) is 22.2. The van der Waals surface area contributed by atoms with Crippen molar-refractivity contribution >= 4 is 29.2 Å². The second-order valence-corrected chi connectivity index (χ2v) is 9.46. The molecule has 1 saturated heterocycles. The molecule has 3 N–H and O–H groups in total. The van der Waals surface area contributed by atoms with Crippen LogP contribution >= 0.6 is 11.8 Å². The van der Waals surface area contributed by atoms with Gasteiger partial charge in [-0.25, -0.2) is 4.98 Å². The van der Waals surface area contributed by atoms with E-state index in [0.29, 0.717) is 23.2 Å². The molecule has 1 fully saturated rings. The van der Waals surface area contributed by atoms with Crippen LogP contribution in [0.5, 0.6) is 0 Å². The number of benzene rings is 2. The van der Waals surface area contributed by atoms with Crippen LogP contribution in [0.25, 0.3) is 22.3 Å². The number of anilines is 2. The van der Waals surface area contributed by atoms with Gasteiger partial charge in [-0.1, -0.05) is 12.1 Å². The van der Waals surface area contributed by atoms with Crippen molar-refractivity contribution in [2.24, 2.45) is 0 Å². The molecule has 0 saturated carbocycles. The van der Waals surface area contributed by atoms with Gasteiger partial charge < -0.3 is 16.0 Å². The fourth-order valence-corrected chi connectivity index (χ4v) is 5.37. The third-order valence-electron chi connectivity index (χ3n) is 6.22. The average Bonchev–Trinajstić information content (AvgIpc) is 2.81. The maximum Gasteiger partial charge on any atom is 0.251 e. The number of nitrogens with one attached hydrogen (secondary N) is 1. The van der Waals surface area contributed by atoms with Gasteiger partial charge in [0.25, 0.3) is 5.91 Å². The molecule has 2 aromatic carbocycles. The van der Waals surface area contributed by atoms with Crippen molar-refractivity contribution in [2.75, 3.05) is 41.8 Å². The Hall–Kier alpha value is -3.06. The Morgan fingerprint density at radius 3 is 2.53 bits per heavy atom. The van der Waals surface area contributed by atoms with Crippen LogP contribution in [-0.4, -0.2) is 42.0 Å². The minimum atomic E-state index is -0.580. The van der Waals surface area contributed by atoms with Crippen LogP contribution in [0.4, 0.5) is 15.9 Å². The zero-order valence-corrected chi connectivity index (χ0v) is 18.8. The normalized spacial score (nSPS) is 15.9. The van der Waals surface area contributed by atoms with Crippen molar-refractivity contribution in [3.8, 4) is 22.3 Å². The van der Waals surface area contributed by atoms with E-state index in [-0.39, 0.29) is 11.7 Å². The fourth-order valence-electron chi connectivity index (χ4n) is 4.46. The van der Waals surface area contributed by atoms with Gasteiger partial charge in [0, 0.05) is 53.5 Å². The molecule has 0 spiro atoms. The molecule has 5 rings (SSSR count). The first-order valence-corrected chi connectivity index (χ1v) is 12.0. The van der Waals surface area contributed by atoms with Crippen molar-refractivity contribution in [3.63, 3.8) is 0 Å². The van der Waals surface area contributed by atoms with Gasteiger partial charge in [-0.05, 0) is 65.9 Å². The molecule has 0 atom stereocenters. The van der Waals surface area contributed by atoms with Gasteiger partial charge in [-0.15, -0.1) is 0 Å². The van der Waals surface area contributed by atoms with Crippen LogP contribution in [0.1, 0.15) is 21.5 Å². The Morgan fingerprint density at radius 2 is 1.78 bits per heavy atom. The lowest BCUT2D eigenvalue weighted by Gasteiger charge is -2.28. The highest BCUT2D eigenvalue weighted by Gasteiger charge is 2.21. The molecule has 7 heteroatoms. The molecule has 164 valence electrons. The Kier molecular flexibility index (Phi) is 5.51. The Balaban J connectivity index is 1.53. The number of carbonyl (C=O) groups excluding carboxylic acids is 1. The van der Waals surface area contributed by atoms with Crippen molar-refractivity contribution in [1.82, 2.24) is 10.3 Å². The second kappa shape index (κ2) is 8.47. The largest absolute Gasteiger partial charge is 0.383 e. The van der Waals surface area contributed by atoms with E-state index in [1.165, 1.54) is 0 Å². The predicted octanol–water partition coefficient (Wildman–Crippen LogP) is 4.28. The predicted molar refractivity (Wildman–Crippen MR) is 130 cm³/mol. The molecular formula is C25H25FN4OS. The molecule has 0 aliphatic carbocycles. The van der Waals surface area contributed by atoms with E-state index in [9.17, 15) is 9.18 Å². The van der Waals surface area contributed by atoms with Gasteiger partial charge in [-0.3, -0.25) is 4.79 Å². The summed E-state index contributed by atoms with van der Waals surface area (Å²) in [7, 11) is 0. The van der Waals surface area contributed by atoms with Crippen molar-refractivity contribution < 1.29 is 9.18 Å². The van der Waals surface area contributed by atoms with Crippen LogP contribution in [0, 0.1) is 12.9 Å². The number of rotatable bonds is 3. The van der Waals surface area contributed by atoms with E-state index in [2.05, 4.69) is 15.2 Å². The van der Waals surface area contributed by atoms with E-state index in [1.807, 2.05) is 55.1 Å². The number of fused-ring (bicyclic) bond motifs is 1. The van der Waals surface area contributed by atoms with Crippen molar-refractivity contribution in [3.05, 3.63) is 65.1 Å². The van der Waals surface area contributed by atoms with Gasteiger partial charge >= 0.3 is 0 Å². The van der Waals surface area contributed by atoms with Gasteiger partial charge in [-0.2, -0.15) is 16.2 Å². The van der Waals surface area contributed by atoms with Crippen LogP contribution in [0.15, 0.2) is 42.5 Å². The number of nitrogens with two attached hydrogens (primary N) is 1. The number of nitrogen functional groups attached to an aromatic ring is 1. The van der Waals surface area contributed by atoms with E-state index in [4.69, 9.17) is 5.73 Å². The summed E-state index contributed by atoms with van der Waals surface area (Å²) in [4.78, 5) is 18.6. The molecule has 2 aliphatic heterocycles. The zero-order valence-electron chi connectivity index (χ0n) is 18.0. The van der Waals surface area contributed by atoms with Gasteiger partial charge in [0.05, 0.1) is 0 Å². The minimum absolute atomic E-state index is 0.0563. The van der Waals surface area contributed by atoms with E-state index < -0.39 is 5.95 Å². The first-order chi connectivity index (χ1) is 15.5. The third-order valence-corrected chi connectivity index (χ3v) is 7.17. The fraction of sp³-hybridized carbons (Fsp3) is 0.280. The molecule has 3 aromatic rings. The summed E-state index contributed by atoms with van der Waals surface area (Å²) >= 11 is 1.97. The van der Waals surface area contributed by atoms with Gasteiger partial charge in [0.1, 0.15) is 5.82 Å². The smallest absolute Gasteiger partial charge is 0.251 e. The van der Waals surface area contributed by atoms with Gasteiger partial charge in [0.2, 0.25) is 5.95 Å². The quantitative estimate of drug-likeness (QED) is 0.585. The highest BCUT2D eigenvalue weighted by atomic mass is 32.2.